The Balaban J connectivity index is 1.28. The molecule has 4 heterocycles. The number of aromatic nitrogens is 2. The van der Waals surface area contributed by atoms with Crippen molar-refractivity contribution in [3.05, 3.63) is 46.8 Å². The van der Waals surface area contributed by atoms with Gasteiger partial charge >= 0.3 is 0 Å². The Morgan fingerprint density at radius 1 is 1.20 bits per heavy atom. The molecule has 0 aliphatic carbocycles. The van der Waals surface area contributed by atoms with Crippen LogP contribution in [0, 0.1) is 0 Å². The van der Waals surface area contributed by atoms with Gasteiger partial charge in [0.1, 0.15) is 6.04 Å². The van der Waals surface area contributed by atoms with Gasteiger partial charge in [-0.3, -0.25) is 24.8 Å². The van der Waals surface area contributed by atoms with Crippen LogP contribution in [-0.4, -0.2) is 52.0 Å². The third-order valence-corrected chi connectivity index (χ3v) is 6.21. The van der Waals surface area contributed by atoms with Crippen molar-refractivity contribution in [2.75, 3.05) is 18.4 Å². The van der Waals surface area contributed by atoms with E-state index in [9.17, 15) is 14.4 Å². The molecule has 4 N–H and O–H groups in total. The van der Waals surface area contributed by atoms with E-state index in [1.54, 1.807) is 4.90 Å². The summed E-state index contributed by atoms with van der Waals surface area (Å²) in [6.45, 7) is 2.98. The van der Waals surface area contributed by atoms with Crippen molar-refractivity contribution < 1.29 is 14.4 Å². The maximum atomic E-state index is 12.8. The fraction of sp³-hybridized carbons (Fsp3) is 0.429. The highest BCUT2D eigenvalue weighted by Gasteiger charge is 2.39. The van der Waals surface area contributed by atoms with Crippen molar-refractivity contribution in [2.24, 2.45) is 0 Å². The number of nitrogens with one attached hydrogen (secondary N) is 4. The van der Waals surface area contributed by atoms with Crippen LogP contribution in [0.5, 0.6) is 0 Å². The van der Waals surface area contributed by atoms with E-state index in [0.717, 1.165) is 42.0 Å². The molecule has 2 aromatic rings. The average molecular weight is 408 g/mol. The van der Waals surface area contributed by atoms with Crippen LogP contribution in [0.25, 0.3) is 0 Å². The summed E-state index contributed by atoms with van der Waals surface area (Å²) in [5.41, 5.74) is 4.73. The van der Waals surface area contributed by atoms with E-state index in [-0.39, 0.29) is 24.1 Å². The number of carbonyl (C=O) groups is 3. The maximum absolute atomic E-state index is 12.8. The second-order valence-electron chi connectivity index (χ2n) is 8.13. The van der Waals surface area contributed by atoms with Gasteiger partial charge in [-0.15, -0.1) is 0 Å². The summed E-state index contributed by atoms with van der Waals surface area (Å²) in [5.74, 6) is -0.372. The third-order valence-electron chi connectivity index (χ3n) is 6.21. The predicted molar refractivity (Wildman–Crippen MR) is 109 cm³/mol. The fourth-order valence-electron chi connectivity index (χ4n) is 4.58. The molecule has 2 saturated heterocycles. The first kappa shape index (κ1) is 18.8. The quantitative estimate of drug-likeness (QED) is 0.545. The molecule has 0 radical (unpaired) electrons. The van der Waals surface area contributed by atoms with Crippen LogP contribution in [0.2, 0.25) is 0 Å². The van der Waals surface area contributed by atoms with Crippen LogP contribution >= 0.6 is 0 Å². The van der Waals surface area contributed by atoms with Gasteiger partial charge in [-0.25, -0.2) is 0 Å². The molecule has 3 amide bonds. The zero-order valence-electron chi connectivity index (χ0n) is 16.5. The molecule has 0 bridgehead atoms. The molecule has 1 aromatic heterocycles. The Labute approximate surface area is 173 Å². The number of rotatable bonds is 5. The predicted octanol–water partition coefficient (Wildman–Crippen LogP) is 0.860. The van der Waals surface area contributed by atoms with Gasteiger partial charge < -0.3 is 15.5 Å². The number of hydrogen-bond donors (Lipinski definition) is 4. The summed E-state index contributed by atoms with van der Waals surface area (Å²) >= 11 is 0. The lowest BCUT2D eigenvalue weighted by molar-refractivity contribution is -0.136. The molecule has 0 saturated carbocycles. The number of H-pyrrole nitrogens is 1. The van der Waals surface area contributed by atoms with Gasteiger partial charge in [0, 0.05) is 37.5 Å². The minimum absolute atomic E-state index is 0.148. The van der Waals surface area contributed by atoms with Gasteiger partial charge in [-0.05, 0) is 36.6 Å². The van der Waals surface area contributed by atoms with Crippen LogP contribution in [0.15, 0.2) is 24.4 Å². The second-order valence-corrected chi connectivity index (χ2v) is 8.13. The van der Waals surface area contributed by atoms with Gasteiger partial charge in [0.15, 0.2) is 0 Å². The molecule has 2 atom stereocenters. The number of piperidine rings is 1. The number of fused-ring (bicyclic) bond motifs is 1. The Kier molecular flexibility index (Phi) is 4.74. The number of hydrogen-bond acceptors (Lipinski definition) is 6. The van der Waals surface area contributed by atoms with E-state index >= 15 is 0 Å². The zero-order valence-corrected chi connectivity index (χ0v) is 16.5. The Morgan fingerprint density at radius 3 is 2.90 bits per heavy atom. The molecular formula is C21H24N6O3. The van der Waals surface area contributed by atoms with Crippen molar-refractivity contribution in [1.82, 2.24) is 25.7 Å². The highest BCUT2D eigenvalue weighted by Crippen LogP contribution is 2.30. The standard InChI is InChI=1S/C21H24N6O3/c28-18-4-3-17(20(29)25-18)27-11-14-7-12(1-2-15(14)21(27)30)8-23-16-10-24-26-19(16)13-5-6-22-9-13/h1-2,7,10,13,17,22-23H,3-6,8-9,11H2,(H,24,26)(H,25,28,29). The summed E-state index contributed by atoms with van der Waals surface area (Å²) < 4.78 is 0. The maximum Gasteiger partial charge on any atom is 0.255 e. The van der Waals surface area contributed by atoms with Crippen LogP contribution in [0.4, 0.5) is 5.69 Å². The Bertz CT molecular complexity index is 1010. The Hall–Kier alpha value is -3.20. The monoisotopic (exact) mass is 408 g/mol. The van der Waals surface area contributed by atoms with E-state index in [1.807, 2.05) is 24.4 Å². The van der Waals surface area contributed by atoms with Crippen LogP contribution in [-0.2, 0) is 22.7 Å². The van der Waals surface area contributed by atoms with E-state index in [2.05, 4.69) is 26.1 Å². The number of amides is 3. The Morgan fingerprint density at radius 2 is 2.10 bits per heavy atom. The van der Waals surface area contributed by atoms with Gasteiger partial charge in [0.2, 0.25) is 11.8 Å². The first-order chi connectivity index (χ1) is 14.6. The highest BCUT2D eigenvalue weighted by molar-refractivity contribution is 6.05. The lowest BCUT2D eigenvalue weighted by Gasteiger charge is -2.29. The van der Waals surface area contributed by atoms with Crippen LogP contribution in [0.3, 0.4) is 0 Å². The SMILES string of the molecule is O=C1CCC(N2Cc3cc(CNc4cn[nH]c4C4CCNC4)ccc3C2=O)C(=O)N1. The molecule has 30 heavy (non-hydrogen) atoms. The number of carbonyl (C=O) groups excluding carboxylic acids is 3. The van der Waals surface area contributed by atoms with E-state index in [1.165, 1.54) is 0 Å². The van der Waals surface area contributed by atoms with Gasteiger partial charge in [-0.2, -0.15) is 5.10 Å². The van der Waals surface area contributed by atoms with Crippen LogP contribution < -0.4 is 16.0 Å². The molecule has 3 aliphatic heterocycles. The zero-order chi connectivity index (χ0) is 20.7. The summed E-state index contributed by atoms with van der Waals surface area (Å²) in [6, 6.07) is 5.20. The normalized spacial score (nSPS) is 23.6. The van der Waals surface area contributed by atoms with E-state index < -0.39 is 6.04 Å². The number of aromatic amines is 1. The average Bonchev–Trinajstić information content (AvgIpc) is 3.47. The fourth-order valence-corrected chi connectivity index (χ4v) is 4.58. The molecule has 9 heteroatoms. The van der Waals surface area contributed by atoms with Crippen molar-refractivity contribution in [2.45, 2.75) is 44.3 Å². The lowest BCUT2D eigenvalue weighted by Crippen LogP contribution is -2.52. The van der Waals surface area contributed by atoms with Gasteiger partial charge in [0.05, 0.1) is 17.6 Å². The molecular weight excluding hydrogens is 384 g/mol. The number of benzene rings is 1. The topological polar surface area (TPSA) is 119 Å². The van der Waals surface area contributed by atoms with Crippen molar-refractivity contribution >= 4 is 23.4 Å². The molecule has 9 nitrogen and oxygen atoms in total. The molecule has 0 spiro atoms. The smallest absolute Gasteiger partial charge is 0.255 e. The first-order valence-corrected chi connectivity index (χ1v) is 10.3. The van der Waals surface area contributed by atoms with Crippen LogP contribution in [0.1, 0.15) is 52.4 Å². The van der Waals surface area contributed by atoms with Crippen molar-refractivity contribution in [1.29, 1.82) is 0 Å². The molecule has 2 unspecified atom stereocenters. The number of anilines is 1. The van der Waals surface area contributed by atoms with E-state index in [4.69, 9.17) is 0 Å². The summed E-state index contributed by atoms with van der Waals surface area (Å²) in [6.07, 6.45) is 3.54. The van der Waals surface area contributed by atoms with Gasteiger partial charge in [0.25, 0.3) is 5.91 Å². The summed E-state index contributed by atoms with van der Waals surface area (Å²) in [4.78, 5) is 38.0. The molecule has 3 aliphatic rings. The lowest BCUT2D eigenvalue weighted by atomic mass is 10.0. The number of imide groups is 1. The number of nitrogens with zero attached hydrogens (tertiary/aromatic N) is 2. The summed E-state index contributed by atoms with van der Waals surface area (Å²) in [7, 11) is 0. The van der Waals surface area contributed by atoms with Gasteiger partial charge in [-0.1, -0.05) is 12.1 Å². The third kappa shape index (κ3) is 3.35. The van der Waals surface area contributed by atoms with Crippen molar-refractivity contribution in [3.63, 3.8) is 0 Å². The minimum atomic E-state index is -0.585. The van der Waals surface area contributed by atoms with E-state index in [0.29, 0.717) is 31.0 Å². The minimum Gasteiger partial charge on any atom is -0.378 e. The molecule has 5 rings (SSSR count). The first-order valence-electron chi connectivity index (χ1n) is 10.3. The summed E-state index contributed by atoms with van der Waals surface area (Å²) in [5, 5.41) is 16.5. The molecule has 1 aromatic carbocycles. The highest BCUT2D eigenvalue weighted by atomic mass is 16.2. The second kappa shape index (κ2) is 7.56. The van der Waals surface area contributed by atoms with Crippen molar-refractivity contribution in [3.8, 4) is 0 Å². The largest absolute Gasteiger partial charge is 0.378 e. The molecule has 2 fully saturated rings. The molecule has 156 valence electrons.